The Labute approximate surface area is 162 Å². The van der Waals surface area contributed by atoms with E-state index >= 15 is 0 Å². The molecule has 0 aliphatic carbocycles. The van der Waals surface area contributed by atoms with E-state index in [0.717, 1.165) is 10.8 Å². The van der Waals surface area contributed by atoms with Crippen molar-refractivity contribution in [1.29, 1.82) is 0 Å². The topological polar surface area (TPSA) is 75.5 Å². The summed E-state index contributed by atoms with van der Waals surface area (Å²) in [6.45, 7) is 4.45. The Morgan fingerprint density at radius 1 is 1.11 bits per heavy atom. The first-order chi connectivity index (χ1) is 13.4. The molecule has 4 rings (SSSR count). The fraction of sp³-hybridized carbons (Fsp3) is 0.227. The molecule has 0 aliphatic heterocycles. The van der Waals surface area contributed by atoms with Crippen molar-refractivity contribution in [2.24, 2.45) is 0 Å². The van der Waals surface area contributed by atoms with Gasteiger partial charge < -0.3 is 10.6 Å². The zero-order chi connectivity index (χ0) is 19.9. The normalized spacial score (nSPS) is 12.0. The summed E-state index contributed by atoms with van der Waals surface area (Å²) in [6, 6.07) is 15.0. The lowest BCUT2D eigenvalue weighted by molar-refractivity contribution is 0.0944. The molecule has 0 bridgehead atoms. The smallest absolute Gasteiger partial charge is 0.265 e. The van der Waals surface area contributed by atoms with Crippen LogP contribution in [0.4, 0.5) is 0 Å². The van der Waals surface area contributed by atoms with Gasteiger partial charge in [-0.2, -0.15) is 0 Å². The molecule has 0 atom stereocenters. The molecule has 2 aromatic heterocycles. The van der Waals surface area contributed by atoms with Crippen molar-refractivity contribution in [2.45, 2.75) is 19.4 Å². The van der Waals surface area contributed by atoms with Crippen LogP contribution in [-0.4, -0.2) is 34.4 Å². The fourth-order valence-electron chi connectivity index (χ4n) is 3.18. The fourth-order valence-corrected chi connectivity index (χ4v) is 3.18. The predicted octanol–water partition coefficient (Wildman–Crippen LogP) is 2.73. The lowest BCUT2D eigenvalue weighted by Gasteiger charge is -2.24. The minimum atomic E-state index is -0.256. The maximum atomic E-state index is 13.1. The van der Waals surface area contributed by atoms with Gasteiger partial charge in [0.15, 0.2) is 5.65 Å². The summed E-state index contributed by atoms with van der Waals surface area (Å²) in [5.41, 5.74) is 0.892. The second-order valence-electron chi connectivity index (χ2n) is 7.57. The van der Waals surface area contributed by atoms with E-state index in [4.69, 9.17) is 0 Å². The van der Waals surface area contributed by atoms with Crippen LogP contribution >= 0.6 is 0 Å². The molecule has 0 saturated carbocycles. The highest BCUT2D eigenvalue weighted by molar-refractivity contribution is 6.02. The van der Waals surface area contributed by atoms with Crippen molar-refractivity contribution in [2.75, 3.05) is 13.6 Å². The zero-order valence-electron chi connectivity index (χ0n) is 16.1. The number of nitrogens with one attached hydrogen (secondary N) is 2. The van der Waals surface area contributed by atoms with Crippen LogP contribution in [0.15, 0.2) is 59.5 Å². The molecule has 6 nitrogen and oxygen atoms in total. The number of carbonyl (C=O) groups is 1. The number of hydrogen-bond acceptors (Lipinski definition) is 4. The SMILES string of the molecule is CNC(C)(C)CNC(=O)c1cccn2c(=O)c3cc4ccccc4cc3nc12. The zero-order valence-corrected chi connectivity index (χ0v) is 16.1. The second-order valence-corrected chi connectivity index (χ2v) is 7.57. The van der Waals surface area contributed by atoms with Crippen molar-refractivity contribution < 1.29 is 4.79 Å². The van der Waals surface area contributed by atoms with Crippen molar-refractivity contribution in [3.63, 3.8) is 0 Å². The highest BCUT2D eigenvalue weighted by Crippen LogP contribution is 2.20. The van der Waals surface area contributed by atoms with Crippen molar-refractivity contribution in [3.05, 3.63) is 70.6 Å². The number of benzene rings is 2. The number of amides is 1. The van der Waals surface area contributed by atoms with Gasteiger partial charge in [-0.1, -0.05) is 24.3 Å². The summed E-state index contributed by atoms with van der Waals surface area (Å²) >= 11 is 0. The van der Waals surface area contributed by atoms with Gasteiger partial charge in [-0.3, -0.25) is 14.0 Å². The lowest BCUT2D eigenvalue weighted by atomic mass is 10.1. The van der Waals surface area contributed by atoms with E-state index in [1.807, 2.05) is 57.3 Å². The highest BCUT2D eigenvalue weighted by atomic mass is 16.2. The Morgan fingerprint density at radius 2 is 1.82 bits per heavy atom. The molecular weight excluding hydrogens is 352 g/mol. The molecule has 4 aromatic rings. The Bertz CT molecular complexity index is 1270. The first-order valence-electron chi connectivity index (χ1n) is 9.21. The Hall–Kier alpha value is -3.25. The Morgan fingerprint density at radius 3 is 2.54 bits per heavy atom. The molecule has 0 spiro atoms. The van der Waals surface area contributed by atoms with E-state index in [9.17, 15) is 9.59 Å². The van der Waals surface area contributed by atoms with Gasteiger partial charge >= 0.3 is 0 Å². The molecule has 0 radical (unpaired) electrons. The summed E-state index contributed by atoms with van der Waals surface area (Å²) in [5.74, 6) is -0.256. The van der Waals surface area contributed by atoms with Crippen molar-refractivity contribution in [3.8, 4) is 0 Å². The molecule has 142 valence electrons. The molecule has 6 heteroatoms. The molecule has 0 saturated heterocycles. The minimum Gasteiger partial charge on any atom is -0.350 e. The summed E-state index contributed by atoms with van der Waals surface area (Å²) < 4.78 is 1.44. The molecule has 2 aromatic carbocycles. The summed E-state index contributed by atoms with van der Waals surface area (Å²) in [4.78, 5) is 30.5. The van der Waals surface area contributed by atoms with Crippen molar-refractivity contribution in [1.82, 2.24) is 20.0 Å². The quantitative estimate of drug-likeness (QED) is 0.539. The summed E-state index contributed by atoms with van der Waals surface area (Å²) in [7, 11) is 1.85. The first-order valence-corrected chi connectivity index (χ1v) is 9.21. The van der Waals surface area contributed by atoms with E-state index in [2.05, 4.69) is 15.6 Å². The molecule has 0 aliphatic rings. The van der Waals surface area contributed by atoms with E-state index in [1.165, 1.54) is 4.40 Å². The van der Waals surface area contributed by atoms with E-state index in [1.54, 1.807) is 18.3 Å². The number of pyridine rings is 1. The molecule has 1 amide bonds. The average molecular weight is 374 g/mol. The molecule has 28 heavy (non-hydrogen) atoms. The van der Waals surface area contributed by atoms with Crippen LogP contribution in [0.5, 0.6) is 0 Å². The van der Waals surface area contributed by atoms with Crippen LogP contribution in [0.25, 0.3) is 27.3 Å². The minimum absolute atomic E-state index is 0.184. The van der Waals surface area contributed by atoms with Crippen LogP contribution < -0.4 is 16.2 Å². The van der Waals surface area contributed by atoms with Gasteiger partial charge in [0.05, 0.1) is 16.5 Å². The van der Waals surface area contributed by atoms with Crippen LogP contribution in [0.1, 0.15) is 24.2 Å². The van der Waals surface area contributed by atoms with Gasteiger partial charge in [-0.25, -0.2) is 4.98 Å². The van der Waals surface area contributed by atoms with Crippen LogP contribution in [0, 0.1) is 0 Å². The van der Waals surface area contributed by atoms with Gasteiger partial charge in [-0.05, 0) is 55.9 Å². The number of carbonyl (C=O) groups excluding carboxylic acids is 1. The molecular formula is C22H22N4O2. The largest absolute Gasteiger partial charge is 0.350 e. The lowest BCUT2D eigenvalue weighted by Crippen LogP contribution is -2.47. The third-order valence-electron chi connectivity index (χ3n) is 5.12. The maximum Gasteiger partial charge on any atom is 0.265 e. The summed E-state index contributed by atoms with van der Waals surface area (Å²) in [5, 5.41) is 8.59. The van der Waals surface area contributed by atoms with Crippen LogP contribution in [-0.2, 0) is 0 Å². The maximum absolute atomic E-state index is 13.1. The number of nitrogens with zero attached hydrogens (tertiary/aromatic N) is 2. The number of rotatable bonds is 4. The number of fused-ring (bicyclic) bond motifs is 3. The highest BCUT2D eigenvalue weighted by Gasteiger charge is 2.19. The van der Waals surface area contributed by atoms with Gasteiger partial charge in [0.25, 0.3) is 11.5 Å². The van der Waals surface area contributed by atoms with E-state index in [0.29, 0.717) is 28.7 Å². The molecule has 2 heterocycles. The van der Waals surface area contributed by atoms with Gasteiger partial charge in [-0.15, -0.1) is 0 Å². The van der Waals surface area contributed by atoms with Gasteiger partial charge in [0, 0.05) is 18.3 Å². The predicted molar refractivity (Wildman–Crippen MR) is 112 cm³/mol. The van der Waals surface area contributed by atoms with E-state index in [-0.39, 0.29) is 17.0 Å². The summed E-state index contributed by atoms with van der Waals surface area (Å²) in [6.07, 6.45) is 1.65. The number of likely N-dealkylation sites (N-methyl/N-ethyl adjacent to an activating group) is 1. The average Bonchev–Trinajstić information content (AvgIpc) is 2.71. The van der Waals surface area contributed by atoms with Gasteiger partial charge in [0.1, 0.15) is 0 Å². The monoisotopic (exact) mass is 374 g/mol. The molecule has 0 fully saturated rings. The second kappa shape index (κ2) is 6.73. The Kier molecular flexibility index (Phi) is 4.35. The first kappa shape index (κ1) is 18.1. The molecule has 0 unspecified atom stereocenters. The van der Waals surface area contributed by atoms with E-state index < -0.39 is 0 Å². The third-order valence-corrected chi connectivity index (χ3v) is 5.12. The van der Waals surface area contributed by atoms with Crippen LogP contribution in [0.3, 0.4) is 0 Å². The number of hydrogen-bond donors (Lipinski definition) is 2. The third kappa shape index (κ3) is 3.12. The number of aromatic nitrogens is 2. The van der Waals surface area contributed by atoms with Crippen LogP contribution in [0.2, 0.25) is 0 Å². The molecule has 2 N–H and O–H groups in total. The standard InChI is InChI=1S/C22H22N4O2/c1-22(2,23-3)13-24-20(27)16-9-6-10-26-19(16)25-18-12-15-8-5-4-7-14(15)11-17(18)21(26)28/h4-12,23H,13H2,1-3H3,(H,24,27). The van der Waals surface area contributed by atoms with Crippen molar-refractivity contribution >= 4 is 33.2 Å². The van der Waals surface area contributed by atoms with Gasteiger partial charge in [0.2, 0.25) is 0 Å². The Balaban J connectivity index is 1.88.